The molecule has 1 N–H and O–H groups in total. The molecular formula is C15H30N4. The fourth-order valence-electron chi connectivity index (χ4n) is 2.69. The van der Waals surface area contributed by atoms with Crippen LogP contribution >= 0.6 is 0 Å². The Morgan fingerprint density at radius 3 is 2.37 bits per heavy atom. The van der Waals surface area contributed by atoms with Gasteiger partial charge in [0.25, 0.3) is 0 Å². The van der Waals surface area contributed by atoms with Gasteiger partial charge in [0.1, 0.15) is 5.82 Å². The summed E-state index contributed by atoms with van der Waals surface area (Å²) in [6.45, 7) is 11.9. The fraction of sp³-hybridized carbons (Fsp3) is 0.800. The lowest BCUT2D eigenvalue weighted by Crippen LogP contribution is -2.31. The van der Waals surface area contributed by atoms with Gasteiger partial charge in [0, 0.05) is 32.2 Å². The van der Waals surface area contributed by atoms with E-state index in [9.17, 15) is 0 Å². The van der Waals surface area contributed by atoms with Crippen molar-refractivity contribution in [2.75, 3.05) is 25.0 Å². The second-order valence-electron chi connectivity index (χ2n) is 5.26. The first-order valence-electron chi connectivity index (χ1n) is 7.50. The summed E-state index contributed by atoms with van der Waals surface area (Å²) < 4.78 is 2.04. The van der Waals surface area contributed by atoms with Crippen LogP contribution in [0.2, 0.25) is 0 Å². The lowest BCUT2D eigenvalue weighted by atomic mass is 10.0. The molecule has 0 saturated heterocycles. The molecule has 1 rings (SSSR count). The molecule has 0 unspecified atom stereocenters. The first-order chi connectivity index (χ1) is 9.08. The van der Waals surface area contributed by atoms with Crippen LogP contribution in [-0.4, -0.2) is 29.9 Å². The van der Waals surface area contributed by atoms with E-state index in [-0.39, 0.29) is 0 Å². The van der Waals surface area contributed by atoms with Crippen LogP contribution in [-0.2, 0) is 13.6 Å². The first kappa shape index (κ1) is 16.0. The Morgan fingerprint density at radius 2 is 1.89 bits per heavy atom. The summed E-state index contributed by atoms with van der Waals surface area (Å²) in [6, 6.07) is 0. The fourth-order valence-corrected chi connectivity index (χ4v) is 2.69. The van der Waals surface area contributed by atoms with Gasteiger partial charge in [-0.2, -0.15) is 5.10 Å². The van der Waals surface area contributed by atoms with Crippen LogP contribution < -0.4 is 10.2 Å². The summed E-state index contributed by atoms with van der Waals surface area (Å²) in [5.74, 6) is 2.04. The minimum Gasteiger partial charge on any atom is -0.357 e. The summed E-state index contributed by atoms with van der Waals surface area (Å²) in [5, 5.41) is 7.85. The van der Waals surface area contributed by atoms with E-state index in [0.717, 1.165) is 31.2 Å². The SMILES string of the molecule is CCC(CC)CN(CC)c1c(CNC)c(C)nn1C. The molecule has 19 heavy (non-hydrogen) atoms. The molecule has 1 aromatic heterocycles. The van der Waals surface area contributed by atoms with Crippen LogP contribution in [0, 0.1) is 12.8 Å². The van der Waals surface area contributed by atoms with Gasteiger partial charge >= 0.3 is 0 Å². The van der Waals surface area contributed by atoms with Crippen molar-refractivity contribution >= 4 is 5.82 Å². The van der Waals surface area contributed by atoms with Gasteiger partial charge in [0.15, 0.2) is 0 Å². The molecule has 1 heterocycles. The zero-order chi connectivity index (χ0) is 14.4. The van der Waals surface area contributed by atoms with Crippen molar-refractivity contribution in [3.63, 3.8) is 0 Å². The number of hydrogen-bond acceptors (Lipinski definition) is 3. The Hall–Kier alpha value is -1.03. The van der Waals surface area contributed by atoms with Crippen molar-refractivity contribution in [1.82, 2.24) is 15.1 Å². The van der Waals surface area contributed by atoms with Gasteiger partial charge in [-0.3, -0.25) is 4.68 Å². The molecule has 0 amide bonds. The molecule has 0 saturated carbocycles. The van der Waals surface area contributed by atoms with Crippen molar-refractivity contribution in [3.8, 4) is 0 Å². The van der Waals surface area contributed by atoms with Gasteiger partial charge in [-0.1, -0.05) is 26.7 Å². The highest BCUT2D eigenvalue weighted by atomic mass is 15.4. The van der Waals surface area contributed by atoms with Crippen LogP contribution in [0.15, 0.2) is 0 Å². The molecule has 0 radical (unpaired) electrons. The molecule has 0 aromatic carbocycles. The number of rotatable bonds is 8. The molecule has 0 atom stereocenters. The number of nitrogens with zero attached hydrogens (tertiary/aromatic N) is 3. The third-order valence-electron chi connectivity index (χ3n) is 3.98. The molecule has 4 heteroatoms. The summed E-state index contributed by atoms with van der Waals surface area (Å²) >= 11 is 0. The molecule has 0 bridgehead atoms. The van der Waals surface area contributed by atoms with E-state index < -0.39 is 0 Å². The van der Waals surface area contributed by atoms with Gasteiger partial charge in [-0.05, 0) is 26.8 Å². The third kappa shape index (κ3) is 3.72. The Morgan fingerprint density at radius 1 is 1.26 bits per heavy atom. The predicted octanol–water partition coefficient (Wildman–Crippen LogP) is 2.71. The van der Waals surface area contributed by atoms with Crippen LogP contribution in [0.5, 0.6) is 0 Å². The minimum atomic E-state index is 0.762. The standard InChI is InChI=1S/C15H30N4/c1-7-13(8-2)11-19(9-3)15-14(10-16-5)12(4)17-18(15)6/h13,16H,7-11H2,1-6H3. The van der Waals surface area contributed by atoms with Gasteiger partial charge in [0.05, 0.1) is 5.69 Å². The average molecular weight is 266 g/mol. The number of nitrogens with one attached hydrogen (secondary N) is 1. The Bertz CT molecular complexity index is 380. The molecule has 0 fully saturated rings. The van der Waals surface area contributed by atoms with Crippen molar-refractivity contribution in [3.05, 3.63) is 11.3 Å². The minimum absolute atomic E-state index is 0.762. The van der Waals surface area contributed by atoms with Crippen LogP contribution in [0.25, 0.3) is 0 Å². The van der Waals surface area contributed by atoms with Crippen LogP contribution in [0.3, 0.4) is 0 Å². The van der Waals surface area contributed by atoms with E-state index in [1.807, 2.05) is 11.7 Å². The van der Waals surface area contributed by atoms with E-state index in [4.69, 9.17) is 0 Å². The molecule has 4 nitrogen and oxygen atoms in total. The largest absolute Gasteiger partial charge is 0.357 e. The zero-order valence-electron chi connectivity index (χ0n) is 13.5. The second kappa shape index (κ2) is 7.53. The van der Waals surface area contributed by atoms with Gasteiger partial charge in [-0.25, -0.2) is 0 Å². The number of hydrogen-bond donors (Lipinski definition) is 1. The molecule has 0 aliphatic rings. The van der Waals surface area contributed by atoms with Crippen LogP contribution in [0.1, 0.15) is 44.9 Å². The molecule has 0 aliphatic heterocycles. The quantitative estimate of drug-likeness (QED) is 0.785. The van der Waals surface area contributed by atoms with E-state index in [0.29, 0.717) is 0 Å². The monoisotopic (exact) mass is 266 g/mol. The van der Waals surface area contributed by atoms with E-state index in [1.54, 1.807) is 0 Å². The number of anilines is 1. The lowest BCUT2D eigenvalue weighted by molar-refractivity contribution is 0.480. The zero-order valence-corrected chi connectivity index (χ0v) is 13.5. The van der Waals surface area contributed by atoms with E-state index in [2.05, 4.69) is 50.1 Å². The average Bonchev–Trinajstić information content (AvgIpc) is 2.67. The molecule has 1 aromatic rings. The maximum Gasteiger partial charge on any atom is 0.131 e. The number of aryl methyl sites for hydroxylation is 2. The first-order valence-corrected chi connectivity index (χ1v) is 7.50. The highest BCUT2D eigenvalue weighted by molar-refractivity contribution is 5.50. The lowest BCUT2D eigenvalue weighted by Gasteiger charge is -2.28. The van der Waals surface area contributed by atoms with Crippen molar-refractivity contribution < 1.29 is 0 Å². The van der Waals surface area contributed by atoms with E-state index in [1.165, 1.54) is 24.2 Å². The van der Waals surface area contributed by atoms with Crippen molar-refractivity contribution in [2.24, 2.45) is 13.0 Å². The predicted molar refractivity (Wildman–Crippen MR) is 82.7 cm³/mol. The van der Waals surface area contributed by atoms with Gasteiger partial charge in [-0.15, -0.1) is 0 Å². The summed E-state index contributed by atoms with van der Waals surface area (Å²) in [6.07, 6.45) is 2.48. The Balaban J connectivity index is 3.03. The second-order valence-corrected chi connectivity index (χ2v) is 5.26. The molecule has 0 spiro atoms. The molecule has 0 aliphatic carbocycles. The molecule has 110 valence electrons. The van der Waals surface area contributed by atoms with Crippen molar-refractivity contribution in [2.45, 2.75) is 47.1 Å². The smallest absolute Gasteiger partial charge is 0.131 e. The number of aromatic nitrogens is 2. The highest BCUT2D eigenvalue weighted by Crippen LogP contribution is 2.25. The van der Waals surface area contributed by atoms with Gasteiger partial charge in [0.2, 0.25) is 0 Å². The maximum atomic E-state index is 4.59. The highest BCUT2D eigenvalue weighted by Gasteiger charge is 2.19. The van der Waals surface area contributed by atoms with Crippen LogP contribution in [0.4, 0.5) is 5.82 Å². The Kier molecular flexibility index (Phi) is 6.35. The Labute approximate surface area is 118 Å². The third-order valence-corrected chi connectivity index (χ3v) is 3.98. The molecular weight excluding hydrogens is 236 g/mol. The summed E-state index contributed by atoms with van der Waals surface area (Å²) in [7, 11) is 4.05. The normalized spacial score (nSPS) is 11.3. The summed E-state index contributed by atoms with van der Waals surface area (Å²) in [4.78, 5) is 2.48. The van der Waals surface area contributed by atoms with E-state index >= 15 is 0 Å². The summed E-state index contributed by atoms with van der Waals surface area (Å²) in [5.41, 5.74) is 2.47. The van der Waals surface area contributed by atoms with Gasteiger partial charge < -0.3 is 10.2 Å². The van der Waals surface area contributed by atoms with Crippen molar-refractivity contribution in [1.29, 1.82) is 0 Å². The maximum absolute atomic E-state index is 4.59. The topological polar surface area (TPSA) is 33.1 Å².